The van der Waals surface area contributed by atoms with Crippen LogP contribution < -0.4 is 0 Å². The molecule has 4 aromatic rings. The number of aromatic nitrogens is 2. The van der Waals surface area contributed by atoms with Crippen molar-refractivity contribution in [2.75, 3.05) is 0 Å². The molecule has 0 radical (unpaired) electrons. The smallest absolute Gasteiger partial charge is 0.314 e. The number of imidazole rings is 1. The number of alkyl halides is 3. The molecule has 0 atom stereocenters. The van der Waals surface area contributed by atoms with Gasteiger partial charge in [-0.1, -0.05) is 87.1 Å². The van der Waals surface area contributed by atoms with Gasteiger partial charge in [-0.15, -0.1) is 0 Å². The molecule has 0 aliphatic rings. The van der Waals surface area contributed by atoms with Gasteiger partial charge in [0, 0.05) is 5.75 Å². The van der Waals surface area contributed by atoms with Crippen LogP contribution in [0.3, 0.4) is 0 Å². The molecule has 0 spiro atoms. The van der Waals surface area contributed by atoms with Crippen molar-refractivity contribution in [3.63, 3.8) is 0 Å². The van der Waals surface area contributed by atoms with Gasteiger partial charge in [0.2, 0.25) is 0 Å². The van der Waals surface area contributed by atoms with E-state index in [0.717, 1.165) is 23.3 Å². The summed E-state index contributed by atoms with van der Waals surface area (Å²) >= 11 is 1.54. The number of fused-ring (bicyclic) bond motifs is 1. The van der Waals surface area contributed by atoms with Crippen LogP contribution in [-0.2, 0) is 23.9 Å². The molecule has 0 amide bonds. The maximum absolute atomic E-state index is 13.2. The standard InChI is InChI=1S/C26H25F3N2S/c1-25(2,3)20-11-9-19(10-12-20)17-32-24-30-22-15-21(26(27,28)29)13-14-23(22)31(24)16-18-7-5-4-6-8-18/h4-15H,16-17H2,1-3H3. The first-order chi connectivity index (χ1) is 15.1. The lowest BCUT2D eigenvalue weighted by molar-refractivity contribution is -0.137. The Balaban J connectivity index is 1.66. The molecule has 0 unspecified atom stereocenters. The molecular formula is C26H25F3N2S. The summed E-state index contributed by atoms with van der Waals surface area (Å²) < 4.78 is 41.6. The fraction of sp³-hybridized carbons (Fsp3) is 0.269. The molecule has 2 nitrogen and oxygen atoms in total. The van der Waals surface area contributed by atoms with Gasteiger partial charge in [0.15, 0.2) is 5.16 Å². The zero-order valence-electron chi connectivity index (χ0n) is 18.3. The lowest BCUT2D eigenvalue weighted by Crippen LogP contribution is -2.10. The number of thioether (sulfide) groups is 1. The lowest BCUT2D eigenvalue weighted by Gasteiger charge is -2.19. The number of hydrogen-bond donors (Lipinski definition) is 0. The minimum Gasteiger partial charge on any atom is -0.314 e. The van der Waals surface area contributed by atoms with Crippen molar-refractivity contribution < 1.29 is 13.2 Å². The molecule has 0 bridgehead atoms. The van der Waals surface area contributed by atoms with E-state index in [1.807, 2.05) is 34.9 Å². The fourth-order valence-corrected chi connectivity index (χ4v) is 4.53. The third kappa shape index (κ3) is 5.01. The Bertz CT molecular complexity index is 1200. The van der Waals surface area contributed by atoms with Gasteiger partial charge in [-0.25, -0.2) is 4.98 Å². The van der Waals surface area contributed by atoms with E-state index < -0.39 is 11.7 Å². The quantitative estimate of drug-likeness (QED) is 0.288. The first-order valence-corrected chi connectivity index (χ1v) is 11.4. The summed E-state index contributed by atoms with van der Waals surface area (Å²) in [5.74, 6) is 0.689. The Labute approximate surface area is 190 Å². The Kier molecular flexibility index (Phi) is 6.08. The number of benzene rings is 3. The SMILES string of the molecule is CC(C)(C)c1ccc(CSc2nc3cc(C(F)(F)F)ccc3n2Cc2ccccc2)cc1. The minimum absolute atomic E-state index is 0.0888. The van der Waals surface area contributed by atoms with Gasteiger partial charge in [-0.2, -0.15) is 13.2 Å². The Morgan fingerprint density at radius 2 is 1.47 bits per heavy atom. The monoisotopic (exact) mass is 454 g/mol. The van der Waals surface area contributed by atoms with Crippen molar-refractivity contribution in [2.24, 2.45) is 0 Å². The van der Waals surface area contributed by atoms with Gasteiger partial charge in [0.1, 0.15) is 0 Å². The molecular weight excluding hydrogens is 429 g/mol. The van der Waals surface area contributed by atoms with Crippen molar-refractivity contribution in [1.82, 2.24) is 9.55 Å². The van der Waals surface area contributed by atoms with Crippen LogP contribution in [0.15, 0.2) is 78.0 Å². The lowest BCUT2D eigenvalue weighted by atomic mass is 9.87. The van der Waals surface area contributed by atoms with Crippen molar-refractivity contribution in [1.29, 1.82) is 0 Å². The normalized spacial score (nSPS) is 12.4. The van der Waals surface area contributed by atoms with Crippen LogP contribution in [0.2, 0.25) is 0 Å². The van der Waals surface area contributed by atoms with E-state index in [1.54, 1.807) is 11.8 Å². The molecule has 1 heterocycles. The van der Waals surface area contributed by atoms with Gasteiger partial charge in [-0.3, -0.25) is 0 Å². The summed E-state index contributed by atoms with van der Waals surface area (Å²) in [6.45, 7) is 7.09. The van der Waals surface area contributed by atoms with Gasteiger partial charge >= 0.3 is 6.18 Å². The van der Waals surface area contributed by atoms with Crippen molar-refractivity contribution in [3.05, 3.63) is 95.1 Å². The molecule has 0 N–H and O–H groups in total. The van der Waals surface area contributed by atoms with E-state index in [-0.39, 0.29) is 5.41 Å². The summed E-state index contributed by atoms with van der Waals surface area (Å²) in [5, 5.41) is 0.711. The molecule has 0 aliphatic heterocycles. The average molecular weight is 455 g/mol. The topological polar surface area (TPSA) is 17.8 Å². The second kappa shape index (κ2) is 8.66. The predicted octanol–water partition coefficient (Wildman–Crippen LogP) is 7.69. The molecule has 166 valence electrons. The van der Waals surface area contributed by atoms with Crippen LogP contribution in [0.5, 0.6) is 0 Å². The van der Waals surface area contributed by atoms with E-state index in [2.05, 4.69) is 50.0 Å². The van der Waals surface area contributed by atoms with Crippen molar-refractivity contribution in [3.8, 4) is 0 Å². The number of halogens is 3. The molecule has 0 fully saturated rings. The summed E-state index contributed by atoms with van der Waals surface area (Å²) in [6.07, 6.45) is -4.39. The molecule has 1 aromatic heterocycles. The highest BCUT2D eigenvalue weighted by molar-refractivity contribution is 7.98. The summed E-state index contributed by atoms with van der Waals surface area (Å²) in [4.78, 5) is 4.58. The number of rotatable bonds is 5. The molecule has 32 heavy (non-hydrogen) atoms. The van der Waals surface area contributed by atoms with E-state index in [9.17, 15) is 13.2 Å². The highest BCUT2D eigenvalue weighted by Gasteiger charge is 2.31. The molecule has 0 saturated heterocycles. The molecule has 0 aliphatic carbocycles. The van der Waals surface area contributed by atoms with E-state index in [1.165, 1.54) is 11.6 Å². The van der Waals surface area contributed by atoms with Crippen molar-refractivity contribution in [2.45, 2.75) is 49.8 Å². The highest BCUT2D eigenvalue weighted by atomic mass is 32.2. The highest BCUT2D eigenvalue weighted by Crippen LogP contribution is 2.34. The number of nitrogens with zero attached hydrogens (tertiary/aromatic N) is 2. The average Bonchev–Trinajstić information content (AvgIpc) is 3.09. The van der Waals surface area contributed by atoms with Crippen molar-refractivity contribution >= 4 is 22.8 Å². The molecule has 6 heteroatoms. The zero-order valence-corrected chi connectivity index (χ0v) is 19.1. The van der Waals surface area contributed by atoms with Crippen LogP contribution in [0.25, 0.3) is 11.0 Å². The van der Waals surface area contributed by atoms with Crippen LogP contribution in [-0.4, -0.2) is 9.55 Å². The molecule has 3 aromatic carbocycles. The Morgan fingerprint density at radius 3 is 2.09 bits per heavy atom. The Morgan fingerprint density at radius 1 is 0.812 bits per heavy atom. The Hall–Kier alpha value is -2.73. The molecule has 4 rings (SSSR count). The first kappa shape index (κ1) is 22.5. The van der Waals surface area contributed by atoms with Crippen LogP contribution in [0.4, 0.5) is 13.2 Å². The second-order valence-corrected chi connectivity index (χ2v) is 9.85. The third-order valence-corrected chi connectivity index (χ3v) is 6.46. The fourth-order valence-electron chi connectivity index (χ4n) is 3.56. The third-order valence-electron chi connectivity index (χ3n) is 5.41. The second-order valence-electron chi connectivity index (χ2n) is 8.90. The maximum Gasteiger partial charge on any atom is 0.416 e. The predicted molar refractivity (Wildman–Crippen MR) is 125 cm³/mol. The van der Waals surface area contributed by atoms with E-state index in [4.69, 9.17) is 0 Å². The summed E-state index contributed by atoms with van der Waals surface area (Å²) in [7, 11) is 0. The van der Waals surface area contributed by atoms with Crippen LogP contribution in [0, 0.1) is 0 Å². The van der Waals surface area contributed by atoms with Gasteiger partial charge in [0.05, 0.1) is 23.1 Å². The summed E-state index contributed by atoms with van der Waals surface area (Å²) in [6, 6.07) is 22.2. The van der Waals surface area contributed by atoms with Gasteiger partial charge in [-0.05, 0) is 40.3 Å². The minimum atomic E-state index is -4.39. The summed E-state index contributed by atoms with van der Waals surface area (Å²) in [5.41, 5.74) is 3.96. The molecule has 0 saturated carbocycles. The first-order valence-electron chi connectivity index (χ1n) is 10.4. The van der Waals surface area contributed by atoms with E-state index in [0.29, 0.717) is 28.5 Å². The van der Waals surface area contributed by atoms with Gasteiger partial charge < -0.3 is 4.57 Å². The number of hydrogen-bond acceptors (Lipinski definition) is 2. The largest absolute Gasteiger partial charge is 0.416 e. The zero-order chi connectivity index (χ0) is 22.9. The van der Waals surface area contributed by atoms with Gasteiger partial charge in [0.25, 0.3) is 0 Å². The van der Waals surface area contributed by atoms with E-state index >= 15 is 0 Å². The maximum atomic E-state index is 13.2. The van der Waals surface area contributed by atoms with Crippen LogP contribution >= 0.6 is 11.8 Å². The van der Waals surface area contributed by atoms with Crippen LogP contribution in [0.1, 0.15) is 43.0 Å².